The minimum absolute atomic E-state index is 0.0421. The third-order valence-electron chi connectivity index (χ3n) is 2.32. The molecule has 1 N–H and O–H groups in total. The van der Waals surface area contributed by atoms with Crippen LogP contribution in [-0.2, 0) is 11.3 Å². The molecule has 0 bridgehead atoms. The van der Waals surface area contributed by atoms with E-state index in [-0.39, 0.29) is 6.03 Å². The number of morpholine rings is 1. The van der Waals surface area contributed by atoms with Gasteiger partial charge in [0, 0.05) is 25.2 Å². The number of carbonyl (C=O) groups is 1. The minimum atomic E-state index is -0.0421. The summed E-state index contributed by atoms with van der Waals surface area (Å²) in [7, 11) is 0. The average Bonchev–Trinajstić information content (AvgIpc) is 2.80. The standard InChI is InChI=1S/C10H14N2O3/c13-10(12-2-5-14-6-3-12)11-7-9-1-4-15-8-9/h1,4,8H,2-3,5-7H2,(H,11,13). The van der Waals surface area contributed by atoms with E-state index in [4.69, 9.17) is 9.15 Å². The molecule has 2 heterocycles. The maximum absolute atomic E-state index is 11.6. The first kappa shape index (κ1) is 10.0. The van der Waals surface area contributed by atoms with Crippen LogP contribution in [0.4, 0.5) is 4.79 Å². The summed E-state index contributed by atoms with van der Waals surface area (Å²) in [6.07, 6.45) is 3.22. The largest absolute Gasteiger partial charge is 0.472 e. The molecular formula is C10H14N2O3. The number of furan rings is 1. The van der Waals surface area contributed by atoms with Crippen LogP contribution in [0.5, 0.6) is 0 Å². The van der Waals surface area contributed by atoms with Crippen LogP contribution in [0.15, 0.2) is 23.0 Å². The molecule has 0 atom stereocenters. The average molecular weight is 210 g/mol. The zero-order valence-electron chi connectivity index (χ0n) is 8.44. The second-order valence-electron chi connectivity index (χ2n) is 3.39. The lowest BCUT2D eigenvalue weighted by Crippen LogP contribution is -2.45. The first-order chi connectivity index (χ1) is 7.36. The van der Waals surface area contributed by atoms with Gasteiger partial charge in [0.15, 0.2) is 0 Å². The highest BCUT2D eigenvalue weighted by Gasteiger charge is 2.15. The number of amides is 2. The molecule has 82 valence electrons. The van der Waals surface area contributed by atoms with Crippen molar-refractivity contribution in [3.63, 3.8) is 0 Å². The highest BCUT2D eigenvalue weighted by Crippen LogP contribution is 2.01. The van der Waals surface area contributed by atoms with Crippen molar-refractivity contribution in [1.29, 1.82) is 0 Å². The summed E-state index contributed by atoms with van der Waals surface area (Å²) < 4.78 is 10.1. The molecule has 1 saturated heterocycles. The van der Waals surface area contributed by atoms with Crippen LogP contribution in [0.3, 0.4) is 0 Å². The quantitative estimate of drug-likeness (QED) is 0.786. The lowest BCUT2D eigenvalue weighted by Gasteiger charge is -2.26. The molecule has 1 aliphatic rings. The topological polar surface area (TPSA) is 54.7 Å². The highest BCUT2D eigenvalue weighted by atomic mass is 16.5. The lowest BCUT2D eigenvalue weighted by atomic mass is 10.3. The number of nitrogens with zero attached hydrogens (tertiary/aromatic N) is 1. The van der Waals surface area contributed by atoms with Crippen molar-refractivity contribution in [2.75, 3.05) is 26.3 Å². The summed E-state index contributed by atoms with van der Waals surface area (Å²) in [5, 5.41) is 2.83. The molecule has 0 saturated carbocycles. The van der Waals surface area contributed by atoms with Crippen LogP contribution < -0.4 is 5.32 Å². The molecule has 2 rings (SSSR count). The number of rotatable bonds is 2. The first-order valence-electron chi connectivity index (χ1n) is 4.98. The lowest BCUT2D eigenvalue weighted by molar-refractivity contribution is 0.0531. The molecule has 2 amide bonds. The van der Waals surface area contributed by atoms with Crippen molar-refractivity contribution in [1.82, 2.24) is 10.2 Å². The van der Waals surface area contributed by atoms with E-state index in [9.17, 15) is 4.79 Å². The van der Waals surface area contributed by atoms with E-state index < -0.39 is 0 Å². The summed E-state index contributed by atoms with van der Waals surface area (Å²) in [6.45, 7) is 3.08. The Morgan fingerprint density at radius 3 is 2.93 bits per heavy atom. The van der Waals surface area contributed by atoms with Crippen LogP contribution in [0.1, 0.15) is 5.56 Å². The van der Waals surface area contributed by atoms with E-state index >= 15 is 0 Å². The SMILES string of the molecule is O=C(NCc1ccoc1)N1CCOCC1. The fraction of sp³-hybridized carbons (Fsp3) is 0.500. The monoisotopic (exact) mass is 210 g/mol. The minimum Gasteiger partial charge on any atom is -0.472 e. The first-order valence-corrected chi connectivity index (χ1v) is 4.98. The van der Waals surface area contributed by atoms with Gasteiger partial charge in [-0.1, -0.05) is 0 Å². The van der Waals surface area contributed by atoms with Crippen molar-refractivity contribution in [2.24, 2.45) is 0 Å². The second kappa shape index (κ2) is 4.84. The fourth-order valence-corrected chi connectivity index (χ4v) is 1.45. The Kier molecular flexibility index (Phi) is 3.24. The van der Waals surface area contributed by atoms with Crippen LogP contribution in [-0.4, -0.2) is 37.2 Å². The number of ether oxygens (including phenoxy) is 1. The predicted molar refractivity (Wildman–Crippen MR) is 53.3 cm³/mol. The molecule has 5 heteroatoms. The molecule has 5 nitrogen and oxygen atoms in total. The Bertz CT molecular complexity index is 304. The van der Waals surface area contributed by atoms with Crippen molar-refractivity contribution in [2.45, 2.75) is 6.54 Å². The zero-order chi connectivity index (χ0) is 10.5. The molecule has 0 radical (unpaired) electrons. The number of urea groups is 1. The van der Waals surface area contributed by atoms with E-state index in [1.54, 1.807) is 17.4 Å². The molecule has 1 aliphatic heterocycles. The van der Waals surface area contributed by atoms with Crippen LogP contribution in [0, 0.1) is 0 Å². The third kappa shape index (κ3) is 2.73. The molecule has 15 heavy (non-hydrogen) atoms. The molecule has 0 aliphatic carbocycles. The summed E-state index contributed by atoms with van der Waals surface area (Å²) in [4.78, 5) is 13.4. The molecule has 1 aromatic rings. The van der Waals surface area contributed by atoms with Crippen LogP contribution in [0.2, 0.25) is 0 Å². The highest BCUT2D eigenvalue weighted by molar-refractivity contribution is 5.74. The molecule has 0 spiro atoms. The van der Waals surface area contributed by atoms with Crippen molar-refractivity contribution < 1.29 is 13.9 Å². The predicted octanol–water partition coefficient (Wildman–Crippen LogP) is 0.821. The van der Waals surface area contributed by atoms with Gasteiger partial charge in [-0.05, 0) is 6.07 Å². The zero-order valence-corrected chi connectivity index (χ0v) is 8.44. The summed E-state index contributed by atoms with van der Waals surface area (Å²) in [5.41, 5.74) is 0.969. The molecule has 0 unspecified atom stereocenters. The van der Waals surface area contributed by atoms with E-state index in [2.05, 4.69) is 5.32 Å². The smallest absolute Gasteiger partial charge is 0.317 e. The fourth-order valence-electron chi connectivity index (χ4n) is 1.45. The van der Waals surface area contributed by atoms with Crippen molar-refractivity contribution in [3.8, 4) is 0 Å². The van der Waals surface area contributed by atoms with Gasteiger partial charge in [0.2, 0.25) is 0 Å². The number of hydrogen-bond acceptors (Lipinski definition) is 3. The Balaban J connectivity index is 1.76. The van der Waals surface area contributed by atoms with Crippen molar-refractivity contribution >= 4 is 6.03 Å². The third-order valence-corrected chi connectivity index (χ3v) is 2.32. The molecular weight excluding hydrogens is 196 g/mol. The summed E-state index contributed by atoms with van der Waals surface area (Å²) in [5.74, 6) is 0. The normalized spacial score (nSPS) is 16.4. The van der Waals surface area contributed by atoms with Crippen molar-refractivity contribution in [3.05, 3.63) is 24.2 Å². The van der Waals surface area contributed by atoms with E-state index in [1.807, 2.05) is 6.07 Å². The number of hydrogen-bond donors (Lipinski definition) is 1. The van der Waals surface area contributed by atoms with E-state index in [0.717, 1.165) is 5.56 Å². The van der Waals surface area contributed by atoms with Gasteiger partial charge in [-0.15, -0.1) is 0 Å². The van der Waals surface area contributed by atoms with Gasteiger partial charge in [-0.2, -0.15) is 0 Å². The Labute approximate surface area is 88.0 Å². The number of nitrogens with one attached hydrogen (secondary N) is 1. The second-order valence-corrected chi connectivity index (χ2v) is 3.39. The Hall–Kier alpha value is -1.49. The van der Waals surface area contributed by atoms with Gasteiger partial charge >= 0.3 is 6.03 Å². The Morgan fingerprint density at radius 1 is 1.47 bits per heavy atom. The van der Waals surface area contributed by atoms with E-state index in [1.165, 1.54) is 0 Å². The Morgan fingerprint density at radius 2 is 2.27 bits per heavy atom. The van der Waals surface area contributed by atoms with Crippen LogP contribution in [0.25, 0.3) is 0 Å². The molecule has 1 fully saturated rings. The number of carbonyl (C=O) groups excluding carboxylic acids is 1. The molecule has 0 aromatic carbocycles. The van der Waals surface area contributed by atoms with E-state index in [0.29, 0.717) is 32.8 Å². The van der Waals surface area contributed by atoms with Gasteiger partial charge in [-0.25, -0.2) is 4.79 Å². The van der Waals surface area contributed by atoms with Gasteiger partial charge < -0.3 is 19.4 Å². The van der Waals surface area contributed by atoms with Gasteiger partial charge in [0.05, 0.1) is 25.7 Å². The summed E-state index contributed by atoms with van der Waals surface area (Å²) >= 11 is 0. The summed E-state index contributed by atoms with van der Waals surface area (Å²) in [6, 6.07) is 1.79. The molecule has 1 aromatic heterocycles. The van der Waals surface area contributed by atoms with Gasteiger partial charge in [-0.3, -0.25) is 0 Å². The maximum Gasteiger partial charge on any atom is 0.317 e. The maximum atomic E-state index is 11.6. The van der Waals surface area contributed by atoms with Gasteiger partial charge in [0.25, 0.3) is 0 Å². The van der Waals surface area contributed by atoms with Gasteiger partial charge in [0.1, 0.15) is 0 Å². The van der Waals surface area contributed by atoms with Crippen LogP contribution >= 0.6 is 0 Å².